The van der Waals surface area contributed by atoms with Gasteiger partial charge < -0.3 is 74.3 Å². The molecule has 2 heterocycles. The number of nitrogens with zero attached hydrogens (tertiary/aromatic N) is 3. The number of amides is 7. The highest BCUT2D eigenvalue weighted by molar-refractivity contribution is 5.98. The number of carboxylic acid groups (broad SMARTS) is 2. The normalized spacial score (nSPS) is 16.3. The molecule has 1 aromatic heterocycles. The van der Waals surface area contributed by atoms with Crippen LogP contribution in [0.3, 0.4) is 0 Å². The van der Waals surface area contributed by atoms with E-state index in [-0.39, 0.29) is 63.3 Å². The monoisotopic (exact) mass is 1050 g/mol. The minimum atomic E-state index is -1.51. The molecule has 9 atom stereocenters. The molecule has 1 fully saturated rings. The Balaban J connectivity index is 1.59. The van der Waals surface area contributed by atoms with E-state index in [0.29, 0.717) is 29.7 Å². The summed E-state index contributed by atoms with van der Waals surface area (Å²) in [6, 6.07) is 3.95. The number of nitrogens with one attached hydrogen (secondary N) is 7. The highest BCUT2D eigenvalue weighted by Crippen LogP contribution is 2.21. The number of nitrogens with two attached hydrogens (primary N) is 3. The van der Waals surface area contributed by atoms with Crippen LogP contribution >= 0.6 is 0 Å². The number of carbonyl (C=O) groups is 9. The van der Waals surface area contributed by atoms with Crippen LogP contribution in [0, 0.1) is 11.8 Å². The summed E-state index contributed by atoms with van der Waals surface area (Å²) in [5, 5.41) is 45.1. The lowest BCUT2D eigenvalue weighted by molar-refractivity contribution is -0.145. The van der Waals surface area contributed by atoms with Crippen molar-refractivity contribution < 1.29 is 58.5 Å². The van der Waals surface area contributed by atoms with Crippen LogP contribution < -0.4 is 49.1 Å². The Morgan fingerprint density at radius 1 is 0.747 bits per heavy atom. The van der Waals surface area contributed by atoms with Gasteiger partial charge in [-0.3, -0.25) is 43.3 Å². The number of hydrogen-bond acceptors (Lipinski definition) is 13. The number of aliphatic carboxylic acids is 2. The van der Waals surface area contributed by atoms with Gasteiger partial charge in [0.1, 0.15) is 48.0 Å². The lowest BCUT2D eigenvalue weighted by Gasteiger charge is -2.32. The summed E-state index contributed by atoms with van der Waals surface area (Å²) in [5.74, 6) is -9.64. The predicted molar refractivity (Wildman–Crippen MR) is 273 cm³/mol. The first-order chi connectivity index (χ1) is 35.6. The maximum Gasteiger partial charge on any atom is 0.326 e. The first kappa shape index (κ1) is 59.5. The number of aromatic nitrogens is 2. The van der Waals surface area contributed by atoms with Gasteiger partial charge in [0, 0.05) is 44.2 Å². The van der Waals surface area contributed by atoms with Crippen LogP contribution in [0.15, 0.2) is 72.1 Å². The number of carbonyl (C=O) groups excluding carboxylic acids is 7. The first-order valence-electron chi connectivity index (χ1n) is 24.8. The summed E-state index contributed by atoms with van der Waals surface area (Å²) in [6.45, 7) is 6.90. The van der Waals surface area contributed by atoms with Crippen LogP contribution in [0.25, 0.3) is 0 Å². The molecular formula is C50H71N13O12. The molecule has 25 heteroatoms. The van der Waals surface area contributed by atoms with Crippen molar-refractivity contribution in [3.8, 4) is 5.75 Å². The van der Waals surface area contributed by atoms with Gasteiger partial charge in [-0.2, -0.15) is 0 Å². The topological polar surface area (TPSA) is 409 Å². The van der Waals surface area contributed by atoms with Crippen molar-refractivity contribution in [3.05, 3.63) is 83.9 Å². The molecule has 408 valence electrons. The predicted octanol–water partition coefficient (Wildman–Crippen LogP) is -1.31. The maximum absolute atomic E-state index is 14.6. The van der Waals surface area contributed by atoms with E-state index in [9.17, 15) is 58.5 Å². The lowest BCUT2D eigenvalue weighted by Crippen LogP contribution is -2.62. The zero-order chi connectivity index (χ0) is 55.4. The molecule has 1 aliphatic rings. The van der Waals surface area contributed by atoms with Crippen molar-refractivity contribution in [1.29, 1.82) is 0 Å². The fourth-order valence-corrected chi connectivity index (χ4v) is 8.31. The third kappa shape index (κ3) is 18.7. The number of rotatable bonds is 29. The van der Waals surface area contributed by atoms with E-state index in [4.69, 9.17) is 17.2 Å². The number of phenols is 1. The molecule has 0 radical (unpaired) electrons. The minimum absolute atomic E-state index is 0.00211. The number of aromatic hydroxyl groups is 1. The molecule has 1 saturated heterocycles. The molecule has 1 aliphatic heterocycles. The summed E-state index contributed by atoms with van der Waals surface area (Å²) >= 11 is 0. The number of hydrogen-bond donors (Lipinski definition) is 13. The number of aliphatic imine (C=N–C) groups is 1. The number of phenolic OH excluding ortho intramolecular Hbond substituents is 1. The molecule has 0 spiro atoms. The largest absolute Gasteiger partial charge is 0.508 e. The molecule has 0 aliphatic carbocycles. The Morgan fingerprint density at radius 3 is 1.95 bits per heavy atom. The summed E-state index contributed by atoms with van der Waals surface area (Å²) in [6.07, 6.45) is 2.92. The Kier molecular flexibility index (Phi) is 23.0. The van der Waals surface area contributed by atoms with Gasteiger partial charge in [-0.1, -0.05) is 76.6 Å². The van der Waals surface area contributed by atoms with Crippen molar-refractivity contribution in [3.63, 3.8) is 0 Å². The van der Waals surface area contributed by atoms with Crippen molar-refractivity contribution in [1.82, 2.24) is 46.8 Å². The molecule has 3 aromatic rings. The quantitative estimate of drug-likeness (QED) is 0.0218. The number of likely N-dealkylation sites (tertiary alicyclic amines) is 1. The Bertz CT molecular complexity index is 2450. The van der Waals surface area contributed by atoms with Crippen LogP contribution in [0.5, 0.6) is 5.75 Å². The van der Waals surface area contributed by atoms with Crippen molar-refractivity contribution >= 4 is 59.2 Å². The van der Waals surface area contributed by atoms with Crippen molar-refractivity contribution in [2.75, 3.05) is 13.1 Å². The van der Waals surface area contributed by atoms with E-state index < -0.39 is 120 Å². The molecule has 2 aromatic carbocycles. The molecule has 1 unspecified atom stereocenters. The van der Waals surface area contributed by atoms with Gasteiger partial charge in [-0.15, -0.1) is 0 Å². The van der Waals surface area contributed by atoms with E-state index in [1.54, 1.807) is 58.0 Å². The number of carboxylic acids is 2. The molecular weight excluding hydrogens is 975 g/mol. The van der Waals surface area contributed by atoms with Gasteiger partial charge in [-0.25, -0.2) is 9.78 Å². The average Bonchev–Trinajstić information content (AvgIpc) is 4.08. The third-order valence-corrected chi connectivity index (χ3v) is 12.7. The standard InChI is InChI=1S/C50H71N13O12/c1-5-28(4)41(47(72)59-36(23-31-25-54-26-56-31)48(73)63-20-10-14-38(63)45(70)60-37(49(74)75)22-29-11-7-6-8-12-29)62-44(69)35(21-30-15-17-32(64)18-16-30)58-46(71)40(27(2)3)61-43(68)34(13-9-19-55-50(52)53)57-42(67)33(51)24-39(65)66/h6-8,11-12,15-18,25-28,33-38,40-41,64H,5,9-10,13-14,19-24,51H2,1-4H3,(H,54,56)(H,57,67)(H,58,71)(H,59,72)(H,60,70)(H,61,68)(H,62,69)(H,65,66)(H,74,75)(H4,52,53,55)/t28?,33-,34-,35-,36-,37-,38-,40-,41-/m0/s1. The zero-order valence-corrected chi connectivity index (χ0v) is 42.5. The Morgan fingerprint density at radius 2 is 1.35 bits per heavy atom. The third-order valence-electron chi connectivity index (χ3n) is 12.7. The number of imidazole rings is 1. The van der Waals surface area contributed by atoms with Crippen LogP contribution in [0.4, 0.5) is 0 Å². The second-order valence-electron chi connectivity index (χ2n) is 18.9. The molecule has 0 saturated carbocycles. The second-order valence-corrected chi connectivity index (χ2v) is 18.9. The van der Waals surface area contributed by atoms with Gasteiger partial charge in [-0.05, 0) is 60.8 Å². The van der Waals surface area contributed by atoms with Gasteiger partial charge in [0.25, 0.3) is 0 Å². The average molecular weight is 1050 g/mol. The zero-order valence-electron chi connectivity index (χ0n) is 42.5. The number of guanidine groups is 1. The van der Waals surface area contributed by atoms with E-state index >= 15 is 0 Å². The van der Waals surface area contributed by atoms with Gasteiger partial charge in [0.2, 0.25) is 41.4 Å². The molecule has 75 heavy (non-hydrogen) atoms. The molecule has 4 rings (SSSR count). The van der Waals surface area contributed by atoms with Crippen LogP contribution in [-0.4, -0.2) is 151 Å². The number of aromatic amines is 1. The van der Waals surface area contributed by atoms with Gasteiger partial charge in [0.05, 0.1) is 18.8 Å². The number of benzene rings is 2. The van der Waals surface area contributed by atoms with E-state index in [1.807, 2.05) is 0 Å². The molecule has 25 nitrogen and oxygen atoms in total. The fourth-order valence-electron chi connectivity index (χ4n) is 8.31. The highest BCUT2D eigenvalue weighted by atomic mass is 16.4. The summed E-state index contributed by atoms with van der Waals surface area (Å²) < 4.78 is 0. The van der Waals surface area contributed by atoms with Crippen LogP contribution in [-0.2, 0) is 62.4 Å². The van der Waals surface area contributed by atoms with Crippen LogP contribution in [0.2, 0.25) is 0 Å². The SMILES string of the molecule is CCC(C)[C@H](NC(=O)[C@H](Cc1ccc(O)cc1)NC(=O)[C@@H](NC(=O)[C@H](CCCN=C(N)N)NC(=O)[C@@H](N)CC(=O)O)C(C)C)C(=O)N[C@@H](Cc1cnc[nH]1)C(=O)N1CCC[C@H]1C(=O)N[C@@H](Cc1ccccc1)C(=O)O. The van der Waals surface area contributed by atoms with E-state index in [1.165, 1.54) is 41.7 Å². The van der Waals surface area contributed by atoms with E-state index in [2.05, 4.69) is 46.9 Å². The maximum atomic E-state index is 14.6. The number of H-pyrrole nitrogens is 1. The summed E-state index contributed by atoms with van der Waals surface area (Å²) in [4.78, 5) is 134. The fraction of sp³-hybridized carbons (Fsp3) is 0.500. The summed E-state index contributed by atoms with van der Waals surface area (Å²) in [5.41, 5.74) is 18.2. The van der Waals surface area contributed by atoms with E-state index in [0.717, 1.165) is 0 Å². The first-order valence-corrected chi connectivity index (χ1v) is 24.8. The Labute approximate surface area is 434 Å². The van der Waals surface area contributed by atoms with Crippen LogP contribution in [0.1, 0.15) is 83.0 Å². The Hall–Kier alpha value is -8.09. The minimum Gasteiger partial charge on any atom is -0.508 e. The van der Waals surface area contributed by atoms with Gasteiger partial charge >= 0.3 is 11.9 Å². The highest BCUT2D eigenvalue weighted by Gasteiger charge is 2.41. The smallest absolute Gasteiger partial charge is 0.326 e. The van der Waals surface area contributed by atoms with Crippen molar-refractivity contribution in [2.45, 2.75) is 134 Å². The summed E-state index contributed by atoms with van der Waals surface area (Å²) in [7, 11) is 0. The molecule has 16 N–H and O–H groups in total. The molecule has 0 bridgehead atoms. The second kappa shape index (κ2) is 29.0. The van der Waals surface area contributed by atoms with Gasteiger partial charge in [0.15, 0.2) is 5.96 Å². The molecule has 7 amide bonds. The lowest BCUT2D eigenvalue weighted by atomic mass is 9.96. The van der Waals surface area contributed by atoms with Crippen molar-refractivity contribution in [2.24, 2.45) is 34.0 Å².